The molecule has 2 unspecified atom stereocenters. The van der Waals surface area contributed by atoms with Crippen molar-refractivity contribution in [2.75, 3.05) is 6.79 Å². The van der Waals surface area contributed by atoms with Gasteiger partial charge in [0.2, 0.25) is 6.79 Å². The predicted molar refractivity (Wildman–Crippen MR) is 89.0 cm³/mol. The van der Waals surface area contributed by atoms with Crippen molar-refractivity contribution in [3.05, 3.63) is 45.1 Å². The molecule has 0 bridgehead atoms. The van der Waals surface area contributed by atoms with Crippen LogP contribution in [0, 0.1) is 0 Å². The largest absolute Gasteiger partial charge is 0.454 e. The molecule has 2 heterocycles. The molecule has 0 saturated carbocycles. The highest BCUT2D eigenvalue weighted by Gasteiger charge is 2.32. The minimum Gasteiger partial charge on any atom is -0.454 e. The maximum absolute atomic E-state index is 6.49. The smallest absolute Gasteiger partial charge is 0.231 e. The molecule has 2 atom stereocenters. The molecule has 1 aliphatic heterocycles. The fourth-order valence-electron chi connectivity index (χ4n) is 3.57. The molecule has 1 aromatic heterocycles. The number of hydrogen-bond acceptors (Lipinski definition) is 4. The highest BCUT2D eigenvalue weighted by molar-refractivity contribution is 7.10. The Morgan fingerprint density at radius 2 is 2.05 bits per heavy atom. The van der Waals surface area contributed by atoms with Crippen molar-refractivity contribution in [2.24, 2.45) is 5.73 Å². The topological polar surface area (TPSA) is 44.5 Å². The van der Waals surface area contributed by atoms with Gasteiger partial charge in [0, 0.05) is 16.8 Å². The first-order valence-electron chi connectivity index (χ1n) is 8.01. The van der Waals surface area contributed by atoms with Gasteiger partial charge in [0.15, 0.2) is 11.5 Å². The van der Waals surface area contributed by atoms with Crippen molar-refractivity contribution >= 4 is 11.3 Å². The van der Waals surface area contributed by atoms with Crippen LogP contribution in [0.25, 0.3) is 0 Å². The third-order valence-electron chi connectivity index (χ3n) is 4.66. The second-order valence-corrected chi connectivity index (χ2v) is 7.13. The number of fused-ring (bicyclic) bond motifs is 2. The van der Waals surface area contributed by atoms with Crippen LogP contribution in [-0.4, -0.2) is 12.8 Å². The molecule has 0 spiro atoms. The lowest BCUT2D eigenvalue weighted by atomic mass is 9.78. The number of hydrogen-bond donors (Lipinski definition) is 1. The highest BCUT2D eigenvalue weighted by Crippen LogP contribution is 2.44. The zero-order chi connectivity index (χ0) is 15.1. The van der Waals surface area contributed by atoms with E-state index in [-0.39, 0.29) is 12.0 Å². The Morgan fingerprint density at radius 1 is 1.23 bits per heavy atom. The molecule has 116 valence electrons. The van der Waals surface area contributed by atoms with Gasteiger partial charge in [-0.25, -0.2) is 0 Å². The van der Waals surface area contributed by atoms with E-state index in [4.69, 9.17) is 15.2 Å². The molecule has 22 heavy (non-hydrogen) atoms. The average molecular weight is 315 g/mol. The zero-order valence-electron chi connectivity index (χ0n) is 12.8. The van der Waals surface area contributed by atoms with Crippen LogP contribution < -0.4 is 15.2 Å². The first-order chi connectivity index (χ1) is 10.8. The summed E-state index contributed by atoms with van der Waals surface area (Å²) >= 11 is 1.84. The first kappa shape index (κ1) is 14.1. The fourth-order valence-corrected chi connectivity index (χ4v) is 4.71. The van der Waals surface area contributed by atoms with Gasteiger partial charge in [0.05, 0.1) is 0 Å². The number of aryl methyl sites for hydroxylation is 2. The van der Waals surface area contributed by atoms with E-state index in [9.17, 15) is 0 Å². The van der Waals surface area contributed by atoms with Gasteiger partial charge in [-0.3, -0.25) is 0 Å². The van der Waals surface area contributed by atoms with Gasteiger partial charge in [0.1, 0.15) is 0 Å². The lowest BCUT2D eigenvalue weighted by Crippen LogP contribution is -2.33. The molecule has 1 aliphatic carbocycles. The van der Waals surface area contributed by atoms with E-state index in [0.717, 1.165) is 30.8 Å². The number of ether oxygens (including phenoxy) is 2. The Hall–Kier alpha value is -1.52. The first-order valence-corrected chi connectivity index (χ1v) is 8.89. The van der Waals surface area contributed by atoms with Gasteiger partial charge in [-0.2, -0.15) is 0 Å². The highest BCUT2D eigenvalue weighted by atomic mass is 32.1. The number of rotatable bonds is 3. The molecular formula is C18H21NO2S. The standard InChI is InChI=1S/C18H21NO2S/c1-2-3-11-6-17(22-9-11)18-13-8-16-15(20-10-21-16)7-12(13)4-5-14(18)19/h6-9,14,18H,2-5,10,19H2,1H3. The van der Waals surface area contributed by atoms with Crippen molar-refractivity contribution in [1.82, 2.24) is 0 Å². The number of nitrogens with two attached hydrogens (primary N) is 1. The predicted octanol–water partition coefficient (Wildman–Crippen LogP) is 3.83. The summed E-state index contributed by atoms with van der Waals surface area (Å²) in [6, 6.07) is 6.83. The van der Waals surface area contributed by atoms with Crippen molar-refractivity contribution in [3.8, 4) is 11.5 Å². The third-order valence-corrected chi connectivity index (χ3v) is 5.73. The van der Waals surface area contributed by atoms with Gasteiger partial charge in [-0.15, -0.1) is 11.3 Å². The van der Waals surface area contributed by atoms with E-state index >= 15 is 0 Å². The normalized spacial score (nSPS) is 22.6. The van der Waals surface area contributed by atoms with Gasteiger partial charge in [-0.1, -0.05) is 13.3 Å². The van der Waals surface area contributed by atoms with Gasteiger partial charge < -0.3 is 15.2 Å². The molecule has 4 heteroatoms. The zero-order valence-corrected chi connectivity index (χ0v) is 13.6. The molecular weight excluding hydrogens is 294 g/mol. The molecule has 2 aromatic rings. The van der Waals surface area contributed by atoms with E-state index in [2.05, 4.69) is 30.5 Å². The van der Waals surface area contributed by atoms with Gasteiger partial charge in [-0.05, 0) is 59.5 Å². The van der Waals surface area contributed by atoms with Crippen molar-refractivity contribution in [1.29, 1.82) is 0 Å². The summed E-state index contributed by atoms with van der Waals surface area (Å²) in [5, 5.41) is 2.28. The van der Waals surface area contributed by atoms with Gasteiger partial charge in [0.25, 0.3) is 0 Å². The minimum absolute atomic E-state index is 0.181. The molecule has 1 aromatic carbocycles. The Morgan fingerprint density at radius 3 is 2.86 bits per heavy atom. The SMILES string of the molecule is CCCc1csc(C2c3cc4c(cc3CCC2N)OCO4)c1. The summed E-state index contributed by atoms with van der Waals surface area (Å²) in [5.41, 5.74) is 10.6. The van der Waals surface area contributed by atoms with Crippen molar-refractivity contribution < 1.29 is 9.47 Å². The summed E-state index contributed by atoms with van der Waals surface area (Å²) in [5.74, 6) is 2.03. The summed E-state index contributed by atoms with van der Waals surface area (Å²) in [6.45, 7) is 2.55. The minimum atomic E-state index is 0.181. The van der Waals surface area contributed by atoms with Crippen LogP contribution in [0.5, 0.6) is 11.5 Å². The van der Waals surface area contributed by atoms with Crippen molar-refractivity contribution in [2.45, 2.75) is 44.6 Å². The summed E-state index contributed by atoms with van der Waals surface area (Å²) in [4.78, 5) is 1.38. The van der Waals surface area contributed by atoms with Crippen LogP contribution >= 0.6 is 11.3 Å². The average Bonchev–Trinajstić information content (AvgIpc) is 3.14. The van der Waals surface area contributed by atoms with Crippen LogP contribution in [0.4, 0.5) is 0 Å². The van der Waals surface area contributed by atoms with Crippen LogP contribution in [0.15, 0.2) is 23.6 Å². The molecule has 0 radical (unpaired) electrons. The number of thiophene rings is 1. The van der Waals surface area contributed by atoms with E-state index in [1.54, 1.807) is 0 Å². The van der Waals surface area contributed by atoms with Crippen LogP contribution in [-0.2, 0) is 12.8 Å². The second kappa shape index (κ2) is 5.60. The van der Waals surface area contributed by atoms with Crippen LogP contribution in [0.1, 0.15) is 47.3 Å². The molecule has 2 N–H and O–H groups in total. The Kier molecular flexibility index (Phi) is 3.59. The summed E-state index contributed by atoms with van der Waals surface area (Å²) in [7, 11) is 0. The quantitative estimate of drug-likeness (QED) is 0.936. The molecule has 4 rings (SSSR count). The lowest BCUT2D eigenvalue weighted by Gasteiger charge is -2.30. The monoisotopic (exact) mass is 315 g/mol. The Balaban J connectivity index is 1.76. The van der Waals surface area contributed by atoms with E-state index in [0.29, 0.717) is 6.79 Å². The van der Waals surface area contributed by atoms with E-state index in [1.807, 2.05) is 11.3 Å². The maximum atomic E-state index is 6.49. The van der Waals surface area contributed by atoms with Gasteiger partial charge >= 0.3 is 0 Å². The third kappa shape index (κ3) is 2.31. The lowest BCUT2D eigenvalue weighted by molar-refractivity contribution is 0.174. The number of benzene rings is 1. The second-order valence-electron chi connectivity index (χ2n) is 6.19. The molecule has 0 saturated heterocycles. The molecule has 3 nitrogen and oxygen atoms in total. The maximum Gasteiger partial charge on any atom is 0.231 e. The van der Waals surface area contributed by atoms with E-state index < -0.39 is 0 Å². The van der Waals surface area contributed by atoms with Crippen LogP contribution in [0.3, 0.4) is 0 Å². The molecule has 2 aliphatic rings. The Bertz CT molecular complexity index is 694. The van der Waals surface area contributed by atoms with Crippen molar-refractivity contribution in [3.63, 3.8) is 0 Å². The fraction of sp³-hybridized carbons (Fsp3) is 0.444. The summed E-state index contributed by atoms with van der Waals surface area (Å²) in [6.07, 6.45) is 4.38. The van der Waals surface area contributed by atoms with E-state index in [1.165, 1.54) is 28.0 Å². The molecule has 0 amide bonds. The van der Waals surface area contributed by atoms with Crippen LogP contribution in [0.2, 0.25) is 0 Å². The molecule has 0 fully saturated rings. The summed E-state index contributed by atoms with van der Waals surface area (Å²) < 4.78 is 11.1. The Labute approximate surface area is 135 Å².